The van der Waals surface area contributed by atoms with Gasteiger partial charge in [0.1, 0.15) is 6.61 Å². The lowest BCUT2D eigenvalue weighted by atomic mass is 9.85. The van der Waals surface area contributed by atoms with Gasteiger partial charge in [-0.3, -0.25) is 4.79 Å². The van der Waals surface area contributed by atoms with Crippen molar-refractivity contribution in [2.75, 3.05) is 19.8 Å². The first-order valence-corrected chi connectivity index (χ1v) is 14.6. The molecule has 1 aliphatic rings. The number of hydrogen-bond donors (Lipinski definition) is 1. The molecule has 1 amide bonds. The van der Waals surface area contributed by atoms with Gasteiger partial charge in [0.2, 0.25) is 0 Å². The average molecular weight is 587 g/mol. The summed E-state index contributed by atoms with van der Waals surface area (Å²) < 4.78 is 12.3. The van der Waals surface area contributed by atoms with Crippen LogP contribution in [0.1, 0.15) is 74.0 Å². The molecule has 0 spiro atoms. The summed E-state index contributed by atoms with van der Waals surface area (Å²) in [5.74, 6) is -0.126. The molecule has 3 aromatic rings. The van der Waals surface area contributed by atoms with E-state index < -0.39 is 0 Å². The molecular formula is C31H37Cl2N3O4. The molecule has 2 unspecified atom stereocenters. The van der Waals surface area contributed by atoms with E-state index >= 15 is 0 Å². The Labute approximate surface area is 246 Å². The maximum absolute atomic E-state index is 13.7. The van der Waals surface area contributed by atoms with Crippen LogP contribution in [0.3, 0.4) is 0 Å². The number of hydrogen-bond acceptors (Lipinski definition) is 5. The van der Waals surface area contributed by atoms with Crippen LogP contribution in [0, 0.1) is 12.8 Å². The Balaban J connectivity index is 1.63. The first-order chi connectivity index (χ1) is 19.2. The van der Waals surface area contributed by atoms with Gasteiger partial charge in [-0.05, 0) is 56.4 Å². The fraction of sp³-hybridized carbons (Fsp3) is 0.452. The van der Waals surface area contributed by atoms with Crippen LogP contribution in [-0.4, -0.2) is 47.5 Å². The molecule has 2 aromatic carbocycles. The van der Waals surface area contributed by atoms with Gasteiger partial charge in [-0.1, -0.05) is 74.2 Å². The van der Waals surface area contributed by atoms with Crippen molar-refractivity contribution in [3.05, 3.63) is 69.3 Å². The molecular weight excluding hydrogens is 549 g/mol. The highest BCUT2D eigenvalue weighted by molar-refractivity contribution is 6.35. The van der Waals surface area contributed by atoms with Crippen molar-refractivity contribution in [2.45, 2.75) is 65.3 Å². The van der Waals surface area contributed by atoms with Crippen LogP contribution in [0.2, 0.25) is 10.0 Å². The van der Waals surface area contributed by atoms with Crippen molar-refractivity contribution in [2.24, 2.45) is 5.92 Å². The summed E-state index contributed by atoms with van der Waals surface area (Å²) in [5.41, 5.74) is 4.69. The van der Waals surface area contributed by atoms with Crippen molar-refractivity contribution >= 4 is 35.1 Å². The van der Waals surface area contributed by atoms with Gasteiger partial charge in [-0.25, -0.2) is 9.48 Å². The summed E-state index contributed by atoms with van der Waals surface area (Å²) in [6, 6.07) is 13.5. The zero-order valence-electron chi connectivity index (χ0n) is 23.5. The molecule has 214 valence electrons. The van der Waals surface area contributed by atoms with E-state index in [0.717, 1.165) is 42.5 Å². The van der Waals surface area contributed by atoms with E-state index in [2.05, 4.69) is 43.4 Å². The predicted molar refractivity (Wildman–Crippen MR) is 159 cm³/mol. The summed E-state index contributed by atoms with van der Waals surface area (Å²) in [4.78, 5) is 25.4. The Morgan fingerprint density at radius 3 is 2.50 bits per heavy atom. The van der Waals surface area contributed by atoms with Gasteiger partial charge in [0.05, 0.1) is 29.6 Å². The Morgan fingerprint density at radius 1 is 1.10 bits per heavy atom. The standard InChI is InChI=1S/C31H37Cl2N3O4/c1-5-40-28(37)18-39-17-23-8-6-7-9-26(23)34-31(38)29-20(4)30(22-12-10-21(11-13-22)19(2)3)36(35-29)27-15-14-24(32)16-25(27)33/h10-16,19,23,26H,5-9,17-18H2,1-4H3,(H,34,38). The summed E-state index contributed by atoms with van der Waals surface area (Å²) in [7, 11) is 0. The quantitative estimate of drug-likeness (QED) is 0.255. The molecule has 1 aliphatic carbocycles. The smallest absolute Gasteiger partial charge is 0.332 e. The molecule has 1 heterocycles. The number of nitrogens with zero attached hydrogens (tertiary/aromatic N) is 2. The topological polar surface area (TPSA) is 82.4 Å². The van der Waals surface area contributed by atoms with E-state index in [4.69, 9.17) is 37.8 Å². The van der Waals surface area contributed by atoms with Crippen molar-refractivity contribution in [3.63, 3.8) is 0 Å². The number of aromatic nitrogens is 2. The van der Waals surface area contributed by atoms with Crippen molar-refractivity contribution in [3.8, 4) is 16.9 Å². The lowest BCUT2D eigenvalue weighted by Crippen LogP contribution is -2.44. The number of halogens is 2. The minimum atomic E-state index is -0.380. The SMILES string of the molecule is CCOC(=O)COCC1CCCCC1NC(=O)c1nn(-c2ccc(Cl)cc2Cl)c(-c2ccc(C(C)C)cc2)c1C. The zero-order chi connectivity index (χ0) is 28.8. The molecule has 1 aromatic heterocycles. The molecule has 1 saturated carbocycles. The lowest BCUT2D eigenvalue weighted by molar-refractivity contribution is -0.149. The molecule has 0 saturated heterocycles. The minimum Gasteiger partial charge on any atom is -0.464 e. The molecule has 0 radical (unpaired) electrons. The van der Waals surface area contributed by atoms with Crippen LogP contribution in [0.25, 0.3) is 16.9 Å². The summed E-state index contributed by atoms with van der Waals surface area (Å²) in [6.45, 7) is 8.60. The highest BCUT2D eigenvalue weighted by atomic mass is 35.5. The molecule has 4 rings (SSSR count). The highest BCUT2D eigenvalue weighted by Gasteiger charge is 2.30. The predicted octanol–water partition coefficient (Wildman–Crippen LogP) is 7.15. The van der Waals surface area contributed by atoms with Crippen LogP contribution in [0.15, 0.2) is 42.5 Å². The number of carbonyl (C=O) groups is 2. The first kappa shape index (κ1) is 30.1. The van der Waals surface area contributed by atoms with Gasteiger partial charge in [0.15, 0.2) is 5.69 Å². The third-order valence-electron chi connectivity index (χ3n) is 7.41. The molecule has 0 aliphatic heterocycles. The van der Waals surface area contributed by atoms with E-state index in [1.165, 1.54) is 5.56 Å². The average Bonchev–Trinajstić information content (AvgIpc) is 3.26. The van der Waals surface area contributed by atoms with E-state index in [-0.39, 0.29) is 30.4 Å². The first-order valence-electron chi connectivity index (χ1n) is 13.9. The van der Waals surface area contributed by atoms with Crippen LogP contribution in [0.5, 0.6) is 0 Å². The van der Waals surface area contributed by atoms with E-state index in [1.807, 2.05) is 13.0 Å². The van der Waals surface area contributed by atoms with Gasteiger partial charge in [0, 0.05) is 28.1 Å². The number of carbonyl (C=O) groups excluding carboxylic acids is 2. The Bertz CT molecular complexity index is 1340. The van der Waals surface area contributed by atoms with Crippen LogP contribution >= 0.6 is 23.2 Å². The van der Waals surface area contributed by atoms with Gasteiger partial charge >= 0.3 is 5.97 Å². The number of nitrogens with one attached hydrogen (secondary N) is 1. The van der Waals surface area contributed by atoms with Crippen LogP contribution in [-0.2, 0) is 14.3 Å². The van der Waals surface area contributed by atoms with Gasteiger partial charge in [-0.15, -0.1) is 0 Å². The number of esters is 1. The third kappa shape index (κ3) is 7.06. The minimum absolute atomic E-state index is 0.0825. The molecule has 7 nitrogen and oxygen atoms in total. The van der Waals surface area contributed by atoms with Crippen LogP contribution < -0.4 is 5.32 Å². The maximum atomic E-state index is 13.7. The molecule has 0 bridgehead atoms. The van der Waals surface area contributed by atoms with Gasteiger partial charge in [0.25, 0.3) is 5.91 Å². The lowest BCUT2D eigenvalue weighted by Gasteiger charge is -2.31. The van der Waals surface area contributed by atoms with Gasteiger partial charge < -0.3 is 14.8 Å². The number of benzene rings is 2. The Hall–Kier alpha value is -2.87. The molecule has 1 fully saturated rings. The van der Waals surface area contributed by atoms with Crippen molar-refractivity contribution in [1.29, 1.82) is 0 Å². The molecule has 2 atom stereocenters. The number of amides is 1. The summed E-state index contributed by atoms with van der Waals surface area (Å²) >= 11 is 12.8. The fourth-order valence-electron chi connectivity index (χ4n) is 5.23. The van der Waals surface area contributed by atoms with Crippen molar-refractivity contribution < 1.29 is 19.1 Å². The van der Waals surface area contributed by atoms with E-state index in [1.54, 1.807) is 23.7 Å². The maximum Gasteiger partial charge on any atom is 0.332 e. The van der Waals surface area contributed by atoms with E-state index in [0.29, 0.717) is 40.6 Å². The second kappa shape index (κ2) is 13.7. The Kier molecular flexibility index (Phi) is 10.3. The molecule has 40 heavy (non-hydrogen) atoms. The number of ether oxygens (including phenoxy) is 2. The fourth-order valence-corrected chi connectivity index (χ4v) is 5.72. The second-order valence-electron chi connectivity index (χ2n) is 10.6. The van der Waals surface area contributed by atoms with Crippen molar-refractivity contribution in [1.82, 2.24) is 15.1 Å². The third-order valence-corrected chi connectivity index (χ3v) is 7.95. The van der Waals surface area contributed by atoms with Gasteiger partial charge in [-0.2, -0.15) is 5.10 Å². The second-order valence-corrected chi connectivity index (χ2v) is 11.4. The van der Waals surface area contributed by atoms with Crippen LogP contribution in [0.4, 0.5) is 0 Å². The normalized spacial score (nSPS) is 17.2. The largest absolute Gasteiger partial charge is 0.464 e. The van der Waals surface area contributed by atoms with E-state index in [9.17, 15) is 9.59 Å². The summed E-state index contributed by atoms with van der Waals surface area (Å²) in [6.07, 6.45) is 3.82. The zero-order valence-corrected chi connectivity index (χ0v) is 25.0. The number of rotatable bonds is 10. The molecule has 9 heteroatoms. The highest BCUT2D eigenvalue weighted by Crippen LogP contribution is 2.34. The summed E-state index contributed by atoms with van der Waals surface area (Å²) in [5, 5.41) is 8.96. The Morgan fingerprint density at radius 2 is 1.82 bits per heavy atom. The monoisotopic (exact) mass is 585 g/mol. The molecule has 1 N–H and O–H groups in total.